The number of rotatable bonds is 1. The summed E-state index contributed by atoms with van der Waals surface area (Å²) in [6.45, 7) is 3.33. The Kier molecular flexibility index (Phi) is 1.56. The van der Waals surface area contributed by atoms with Crippen LogP contribution >= 0.6 is 0 Å². The summed E-state index contributed by atoms with van der Waals surface area (Å²) in [4.78, 5) is 2.43. The molecule has 2 heteroatoms. The fourth-order valence-electron chi connectivity index (χ4n) is 2.95. The van der Waals surface area contributed by atoms with Gasteiger partial charge in [-0.3, -0.25) is 4.90 Å². The summed E-state index contributed by atoms with van der Waals surface area (Å²) in [7, 11) is 0. The summed E-state index contributed by atoms with van der Waals surface area (Å²) in [6, 6.07) is 9.11. The molecule has 2 heterocycles. The summed E-state index contributed by atoms with van der Waals surface area (Å²) in [5, 5.41) is 0. The molecule has 3 atom stereocenters. The van der Waals surface area contributed by atoms with Crippen molar-refractivity contribution in [2.75, 3.05) is 6.54 Å². The first-order valence-corrected chi connectivity index (χ1v) is 5.36. The predicted octanol–water partition coefficient (Wildman–Crippen LogP) is 1.58. The van der Waals surface area contributed by atoms with E-state index in [-0.39, 0.29) is 5.66 Å². The zero-order valence-electron chi connectivity index (χ0n) is 8.53. The Hall–Kier alpha value is -0.860. The fourth-order valence-corrected chi connectivity index (χ4v) is 2.95. The van der Waals surface area contributed by atoms with Gasteiger partial charge in [-0.25, -0.2) is 0 Å². The van der Waals surface area contributed by atoms with Gasteiger partial charge in [-0.1, -0.05) is 24.3 Å². The van der Waals surface area contributed by atoms with Crippen molar-refractivity contribution >= 4 is 0 Å². The normalized spacial score (nSPS) is 39.6. The molecular formula is C12H16N2. The lowest BCUT2D eigenvalue weighted by molar-refractivity contribution is 0.427. The summed E-state index contributed by atoms with van der Waals surface area (Å²) in [6.07, 6.45) is 2.58. The van der Waals surface area contributed by atoms with Crippen LogP contribution in [-0.2, 0) is 5.66 Å². The van der Waals surface area contributed by atoms with Crippen LogP contribution in [-0.4, -0.2) is 17.5 Å². The summed E-state index contributed by atoms with van der Waals surface area (Å²) < 4.78 is 0. The molecule has 1 aromatic carbocycles. The van der Waals surface area contributed by atoms with E-state index >= 15 is 0 Å². The molecule has 3 unspecified atom stereocenters. The Bertz CT molecular complexity index is 362. The average Bonchev–Trinajstić information content (AvgIpc) is 2.63. The molecule has 14 heavy (non-hydrogen) atoms. The molecule has 2 N–H and O–H groups in total. The second-order valence-corrected chi connectivity index (χ2v) is 4.49. The average molecular weight is 188 g/mol. The van der Waals surface area contributed by atoms with Crippen LogP contribution in [0.1, 0.15) is 24.0 Å². The third-order valence-corrected chi connectivity index (χ3v) is 3.74. The molecular weight excluding hydrogens is 172 g/mol. The second-order valence-electron chi connectivity index (χ2n) is 4.49. The quantitative estimate of drug-likeness (QED) is 0.678. The van der Waals surface area contributed by atoms with Crippen LogP contribution in [0.3, 0.4) is 0 Å². The number of nitrogens with two attached hydrogens (primary N) is 1. The van der Waals surface area contributed by atoms with Crippen LogP contribution in [0.4, 0.5) is 0 Å². The Morgan fingerprint density at radius 3 is 2.86 bits per heavy atom. The zero-order valence-corrected chi connectivity index (χ0v) is 8.53. The van der Waals surface area contributed by atoms with E-state index in [0.29, 0.717) is 6.04 Å². The summed E-state index contributed by atoms with van der Waals surface area (Å²) in [5.41, 5.74) is 8.97. The van der Waals surface area contributed by atoms with E-state index in [1.807, 2.05) is 0 Å². The topological polar surface area (TPSA) is 29.0 Å². The molecule has 0 bridgehead atoms. The van der Waals surface area contributed by atoms with Gasteiger partial charge < -0.3 is 5.73 Å². The van der Waals surface area contributed by atoms with Crippen LogP contribution in [0.2, 0.25) is 0 Å². The number of benzene rings is 1. The zero-order chi connectivity index (χ0) is 9.76. The van der Waals surface area contributed by atoms with Gasteiger partial charge in [-0.15, -0.1) is 0 Å². The van der Waals surface area contributed by atoms with E-state index < -0.39 is 0 Å². The van der Waals surface area contributed by atoms with E-state index in [9.17, 15) is 0 Å². The van der Waals surface area contributed by atoms with E-state index in [1.54, 1.807) is 0 Å². The summed E-state index contributed by atoms with van der Waals surface area (Å²) in [5.74, 6) is 0. The number of aryl methyl sites for hydroxylation is 1. The van der Waals surface area contributed by atoms with Crippen LogP contribution in [0, 0.1) is 6.92 Å². The highest BCUT2D eigenvalue weighted by molar-refractivity contribution is 5.39. The van der Waals surface area contributed by atoms with Crippen molar-refractivity contribution in [2.24, 2.45) is 5.73 Å². The molecule has 0 radical (unpaired) electrons. The number of hydrogen-bond acceptors (Lipinski definition) is 2. The van der Waals surface area contributed by atoms with Crippen molar-refractivity contribution in [1.82, 2.24) is 4.90 Å². The van der Waals surface area contributed by atoms with E-state index in [4.69, 9.17) is 5.73 Å². The minimum atomic E-state index is -0.121. The van der Waals surface area contributed by atoms with Crippen molar-refractivity contribution in [3.05, 3.63) is 35.4 Å². The van der Waals surface area contributed by atoms with Crippen LogP contribution in [0.25, 0.3) is 0 Å². The smallest absolute Gasteiger partial charge is 0.112 e. The highest BCUT2D eigenvalue weighted by Gasteiger charge is 2.63. The molecule has 1 aromatic rings. The number of piperidine rings is 1. The molecule has 2 fully saturated rings. The van der Waals surface area contributed by atoms with Crippen LogP contribution in [0.5, 0.6) is 0 Å². The van der Waals surface area contributed by atoms with Gasteiger partial charge in [0.2, 0.25) is 0 Å². The van der Waals surface area contributed by atoms with Crippen molar-refractivity contribution in [3.63, 3.8) is 0 Å². The highest BCUT2D eigenvalue weighted by Crippen LogP contribution is 2.52. The van der Waals surface area contributed by atoms with Gasteiger partial charge in [0, 0.05) is 12.6 Å². The van der Waals surface area contributed by atoms with E-state index in [1.165, 1.54) is 30.5 Å². The van der Waals surface area contributed by atoms with Gasteiger partial charge in [0.25, 0.3) is 0 Å². The molecule has 2 aliphatic rings. The van der Waals surface area contributed by atoms with Crippen LogP contribution < -0.4 is 5.73 Å². The molecule has 74 valence electrons. The maximum atomic E-state index is 6.44. The maximum Gasteiger partial charge on any atom is 0.112 e. The molecule has 2 saturated heterocycles. The molecule has 2 aliphatic heterocycles. The lowest BCUT2D eigenvalue weighted by Crippen LogP contribution is -2.31. The first-order chi connectivity index (χ1) is 6.74. The van der Waals surface area contributed by atoms with Gasteiger partial charge >= 0.3 is 0 Å². The SMILES string of the molecule is Cc1ccccc1C1(N)C2CCCN21. The molecule has 0 amide bonds. The second kappa shape index (κ2) is 2.59. The first-order valence-electron chi connectivity index (χ1n) is 5.36. The molecule has 0 saturated carbocycles. The lowest BCUT2D eigenvalue weighted by atomic mass is 9.97. The maximum absolute atomic E-state index is 6.44. The highest BCUT2D eigenvalue weighted by atomic mass is 15.5. The van der Waals surface area contributed by atoms with Crippen molar-refractivity contribution in [1.29, 1.82) is 0 Å². The Labute approximate surface area is 84.7 Å². The van der Waals surface area contributed by atoms with Crippen LogP contribution in [0.15, 0.2) is 24.3 Å². The van der Waals surface area contributed by atoms with Gasteiger partial charge in [-0.2, -0.15) is 0 Å². The summed E-state index contributed by atoms with van der Waals surface area (Å²) >= 11 is 0. The fraction of sp³-hybridized carbons (Fsp3) is 0.500. The molecule has 2 nitrogen and oxygen atoms in total. The van der Waals surface area contributed by atoms with Crippen molar-refractivity contribution in [3.8, 4) is 0 Å². The molecule has 0 aliphatic carbocycles. The molecule has 3 rings (SSSR count). The molecule has 0 aromatic heterocycles. The largest absolute Gasteiger partial charge is 0.308 e. The third-order valence-electron chi connectivity index (χ3n) is 3.74. The number of hydrogen-bond donors (Lipinski definition) is 1. The van der Waals surface area contributed by atoms with Gasteiger partial charge in [-0.05, 0) is 30.9 Å². The third kappa shape index (κ3) is 0.877. The Balaban J connectivity index is 2.01. The number of nitrogens with zero attached hydrogens (tertiary/aromatic N) is 1. The Morgan fingerprint density at radius 2 is 2.21 bits per heavy atom. The van der Waals surface area contributed by atoms with E-state index in [0.717, 1.165) is 0 Å². The monoisotopic (exact) mass is 188 g/mol. The molecule has 0 spiro atoms. The first kappa shape index (κ1) is 8.45. The minimum Gasteiger partial charge on any atom is -0.308 e. The van der Waals surface area contributed by atoms with Gasteiger partial charge in [0.1, 0.15) is 5.66 Å². The standard InChI is InChI=1S/C12H16N2/c1-9-5-2-3-6-10(9)12(13)11-7-4-8-14(11)12/h2-3,5-6,11H,4,7-8,13H2,1H3. The minimum absolute atomic E-state index is 0.121. The Morgan fingerprint density at radius 1 is 1.43 bits per heavy atom. The lowest BCUT2D eigenvalue weighted by Gasteiger charge is -2.17. The predicted molar refractivity (Wildman–Crippen MR) is 56.8 cm³/mol. The number of fused-ring (bicyclic) bond motifs is 1. The van der Waals surface area contributed by atoms with Crippen molar-refractivity contribution < 1.29 is 0 Å². The van der Waals surface area contributed by atoms with E-state index in [2.05, 4.69) is 36.1 Å². The van der Waals surface area contributed by atoms with Crippen molar-refractivity contribution in [2.45, 2.75) is 31.5 Å². The van der Waals surface area contributed by atoms with Gasteiger partial charge in [0.15, 0.2) is 0 Å². The van der Waals surface area contributed by atoms with Gasteiger partial charge in [0.05, 0.1) is 0 Å².